The van der Waals surface area contributed by atoms with E-state index in [-0.39, 0.29) is 18.5 Å². The fourth-order valence-corrected chi connectivity index (χ4v) is 3.05. The van der Waals surface area contributed by atoms with Gasteiger partial charge in [0.15, 0.2) is 0 Å². The van der Waals surface area contributed by atoms with Gasteiger partial charge in [0.25, 0.3) is 0 Å². The van der Waals surface area contributed by atoms with Gasteiger partial charge < -0.3 is 15.3 Å². The average Bonchev–Trinajstić information content (AvgIpc) is 2.99. The molecular formula is C15H18N2O3. The van der Waals surface area contributed by atoms with E-state index in [0.717, 1.165) is 30.6 Å². The minimum Gasteiger partial charge on any atom is -0.481 e. The fraction of sp³-hybridized carbons (Fsp3) is 0.467. The molecule has 1 fully saturated rings. The van der Waals surface area contributed by atoms with Crippen LogP contribution in [0.1, 0.15) is 18.4 Å². The van der Waals surface area contributed by atoms with Crippen LogP contribution in [0.2, 0.25) is 0 Å². The third kappa shape index (κ3) is 2.29. The lowest BCUT2D eigenvalue weighted by molar-refractivity contribution is -0.141. The number of carboxylic acid groups (broad SMARTS) is 1. The smallest absolute Gasteiger partial charge is 0.308 e. The standard InChI is InChI=1S/C15H18N2O3/c18-14(12-5-3-7-16-12)17-9-11(15(19)20)8-10-4-1-2-6-13(10)17/h1-2,4,6,11-12,16H,3,5,7-9H2,(H,19,20)/t11?,12-/m1/s1. The highest BCUT2D eigenvalue weighted by Gasteiger charge is 2.35. The highest BCUT2D eigenvalue weighted by atomic mass is 16.4. The van der Waals surface area contributed by atoms with Gasteiger partial charge in [-0.25, -0.2) is 0 Å². The first-order valence-corrected chi connectivity index (χ1v) is 7.02. The zero-order valence-electron chi connectivity index (χ0n) is 11.2. The Labute approximate surface area is 117 Å². The minimum atomic E-state index is -0.836. The summed E-state index contributed by atoms with van der Waals surface area (Å²) in [6, 6.07) is 7.42. The lowest BCUT2D eigenvalue weighted by atomic mass is 9.92. The largest absolute Gasteiger partial charge is 0.481 e. The van der Waals surface area contributed by atoms with Crippen molar-refractivity contribution in [1.82, 2.24) is 5.32 Å². The lowest BCUT2D eigenvalue weighted by Gasteiger charge is -2.34. The third-order valence-corrected chi connectivity index (χ3v) is 4.13. The monoisotopic (exact) mass is 274 g/mol. The zero-order valence-corrected chi connectivity index (χ0v) is 11.2. The van der Waals surface area contributed by atoms with Crippen molar-refractivity contribution in [2.24, 2.45) is 5.92 Å². The number of carbonyl (C=O) groups excluding carboxylic acids is 1. The Balaban J connectivity index is 1.91. The van der Waals surface area contributed by atoms with E-state index >= 15 is 0 Å². The van der Waals surface area contributed by atoms with Crippen LogP contribution in [0.15, 0.2) is 24.3 Å². The molecule has 2 heterocycles. The van der Waals surface area contributed by atoms with Crippen molar-refractivity contribution in [3.63, 3.8) is 0 Å². The van der Waals surface area contributed by atoms with Crippen molar-refractivity contribution in [3.8, 4) is 0 Å². The molecule has 1 aromatic carbocycles. The first-order valence-electron chi connectivity index (χ1n) is 7.02. The predicted molar refractivity (Wildman–Crippen MR) is 74.6 cm³/mol. The van der Waals surface area contributed by atoms with Crippen molar-refractivity contribution >= 4 is 17.6 Å². The number of carbonyl (C=O) groups is 2. The van der Waals surface area contributed by atoms with Crippen LogP contribution in [0.25, 0.3) is 0 Å². The summed E-state index contributed by atoms with van der Waals surface area (Å²) in [5, 5.41) is 12.5. The van der Waals surface area contributed by atoms with E-state index in [4.69, 9.17) is 0 Å². The molecule has 5 nitrogen and oxygen atoms in total. The second-order valence-corrected chi connectivity index (χ2v) is 5.47. The molecule has 3 rings (SSSR count). The summed E-state index contributed by atoms with van der Waals surface area (Å²) in [7, 11) is 0. The Morgan fingerprint density at radius 3 is 2.80 bits per heavy atom. The number of anilines is 1. The Morgan fingerprint density at radius 1 is 1.30 bits per heavy atom. The molecule has 106 valence electrons. The molecule has 1 amide bonds. The second-order valence-electron chi connectivity index (χ2n) is 5.47. The van der Waals surface area contributed by atoms with Gasteiger partial charge in [-0.2, -0.15) is 0 Å². The molecule has 1 aromatic rings. The van der Waals surface area contributed by atoms with Crippen LogP contribution in [0.3, 0.4) is 0 Å². The molecule has 2 aliphatic rings. The summed E-state index contributed by atoms with van der Waals surface area (Å²) in [4.78, 5) is 25.6. The van der Waals surface area contributed by atoms with Crippen molar-refractivity contribution in [2.45, 2.75) is 25.3 Å². The molecule has 5 heteroatoms. The lowest BCUT2D eigenvalue weighted by Crippen LogP contribution is -2.49. The molecule has 0 saturated carbocycles. The van der Waals surface area contributed by atoms with Gasteiger partial charge >= 0.3 is 5.97 Å². The number of rotatable bonds is 2. The molecule has 1 unspecified atom stereocenters. The summed E-state index contributed by atoms with van der Waals surface area (Å²) in [6.45, 7) is 1.12. The number of hydrogen-bond donors (Lipinski definition) is 2. The molecule has 0 spiro atoms. The number of para-hydroxylation sites is 1. The first-order chi connectivity index (χ1) is 9.66. The number of aliphatic carboxylic acids is 1. The number of hydrogen-bond acceptors (Lipinski definition) is 3. The molecule has 0 aromatic heterocycles. The van der Waals surface area contributed by atoms with Gasteiger partial charge in [-0.05, 0) is 37.4 Å². The fourth-order valence-electron chi connectivity index (χ4n) is 3.05. The predicted octanol–water partition coefficient (Wildman–Crippen LogP) is 1.03. The van der Waals surface area contributed by atoms with Crippen LogP contribution in [-0.4, -0.2) is 36.1 Å². The van der Waals surface area contributed by atoms with Gasteiger partial charge in [0.05, 0.1) is 12.0 Å². The molecule has 2 aliphatic heterocycles. The van der Waals surface area contributed by atoms with Crippen molar-refractivity contribution < 1.29 is 14.7 Å². The number of amides is 1. The molecule has 0 radical (unpaired) electrons. The average molecular weight is 274 g/mol. The number of nitrogens with one attached hydrogen (secondary N) is 1. The van der Waals surface area contributed by atoms with E-state index in [1.807, 2.05) is 24.3 Å². The SMILES string of the molecule is O=C(O)C1Cc2ccccc2N(C(=O)[C@H]2CCCN2)C1. The number of carboxylic acids is 1. The van der Waals surface area contributed by atoms with Crippen molar-refractivity contribution in [2.75, 3.05) is 18.0 Å². The van der Waals surface area contributed by atoms with Crippen LogP contribution in [0.5, 0.6) is 0 Å². The Hall–Kier alpha value is -1.88. The van der Waals surface area contributed by atoms with Crippen molar-refractivity contribution in [3.05, 3.63) is 29.8 Å². The van der Waals surface area contributed by atoms with E-state index in [1.165, 1.54) is 0 Å². The summed E-state index contributed by atoms with van der Waals surface area (Å²) in [5.41, 5.74) is 1.81. The molecule has 0 bridgehead atoms. The van der Waals surface area contributed by atoms with Gasteiger partial charge in [-0.3, -0.25) is 9.59 Å². The van der Waals surface area contributed by atoms with Crippen LogP contribution >= 0.6 is 0 Å². The normalized spacial score (nSPS) is 25.3. The Morgan fingerprint density at radius 2 is 2.10 bits per heavy atom. The molecule has 20 heavy (non-hydrogen) atoms. The maximum Gasteiger partial charge on any atom is 0.308 e. The maximum absolute atomic E-state index is 12.6. The van der Waals surface area contributed by atoms with E-state index in [9.17, 15) is 14.7 Å². The van der Waals surface area contributed by atoms with Gasteiger partial charge in [0, 0.05) is 12.2 Å². The molecule has 0 aliphatic carbocycles. The molecular weight excluding hydrogens is 256 g/mol. The maximum atomic E-state index is 12.6. The Kier molecular flexibility index (Phi) is 3.44. The number of benzene rings is 1. The van der Waals surface area contributed by atoms with E-state index in [2.05, 4.69) is 5.32 Å². The second kappa shape index (κ2) is 5.25. The van der Waals surface area contributed by atoms with E-state index in [1.54, 1.807) is 4.90 Å². The molecule has 1 saturated heterocycles. The third-order valence-electron chi connectivity index (χ3n) is 4.13. The summed E-state index contributed by atoms with van der Waals surface area (Å²) >= 11 is 0. The van der Waals surface area contributed by atoms with Gasteiger partial charge in [0.1, 0.15) is 0 Å². The highest BCUT2D eigenvalue weighted by molar-refractivity contribution is 5.99. The zero-order chi connectivity index (χ0) is 14.1. The quantitative estimate of drug-likeness (QED) is 0.845. The van der Waals surface area contributed by atoms with Crippen LogP contribution in [0, 0.1) is 5.92 Å². The summed E-state index contributed by atoms with van der Waals surface area (Å²) in [6.07, 6.45) is 2.32. The van der Waals surface area contributed by atoms with E-state index in [0.29, 0.717) is 6.42 Å². The molecule has 2 atom stereocenters. The van der Waals surface area contributed by atoms with Crippen LogP contribution in [-0.2, 0) is 16.0 Å². The van der Waals surface area contributed by atoms with Crippen molar-refractivity contribution in [1.29, 1.82) is 0 Å². The number of fused-ring (bicyclic) bond motifs is 1. The van der Waals surface area contributed by atoms with Gasteiger partial charge in [-0.15, -0.1) is 0 Å². The minimum absolute atomic E-state index is 0.000833. The molecule has 2 N–H and O–H groups in total. The summed E-state index contributed by atoms with van der Waals surface area (Å²) < 4.78 is 0. The van der Waals surface area contributed by atoms with E-state index < -0.39 is 11.9 Å². The Bertz CT molecular complexity index is 538. The number of nitrogens with zero attached hydrogens (tertiary/aromatic N) is 1. The first kappa shape index (κ1) is 13.1. The van der Waals surface area contributed by atoms with Gasteiger partial charge in [-0.1, -0.05) is 18.2 Å². The highest BCUT2D eigenvalue weighted by Crippen LogP contribution is 2.30. The topological polar surface area (TPSA) is 69.6 Å². The van der Waals surface area contributed by atoms with Crippen LogP contribution in [0.4, 0.5) is 5.69 Å². The van der Waals surface area contributed by atoms with Gasteiger partial charge in [0.2, 0.25) is 5.91 Å². The van der Waals surface area contributed by atoms with Crippen LogP contribution < -0.4 is 10.2 Å². The summed E-state index contributed by atoms with van der Waals surface area (Å²) in [5.74, 6) is -1.35.